The number of aromatic nitrogens is 2. The summed E-state index contributed by atoms with van der Waals surface area (Å²) >= 11 is 0. The molecule has 1 aromatic heterocycles. The van der Waals surface area contributed by atoms with Crippen LogP contribution in [0.3, 0.4) is 0 Å². The fourth-order valence-electron chi connectivity index (χ4n) is 1.64. The van der Waals surface area contributed by atoms with Crippen LogP contribution in [0.2, 0.25) is 0 Å². The molecule has 3 N–H and O–H groups in total. The van der Waals surface area contributed by atoms with Gasteiger partial charge in [-0.2, -0.15) is 0 Å². The highest BCUT2D eigenvalue weighted by atomic mass is 16.1. The van der Waals surface area contributed by atoms with Crippen LogP contribution in [0.15, 0.2) is 12.4 Å². The molecule has 0 fully saturated rings. The molecule has 0 saturated heterocycles. The molecule has 1 heterocycles. The molecule has 5 heteroatoms. The molecule has 0 spiro atoms. The number of nitrogens with zero attached hydrogens (tertiary/aromatic N) is 2. The van der Waals surface area contributed by atoms with Crippen LogP contribution < -0.4 is 11.1 Å². The van der Waals surface area contributed by atoms with Crippen LogP contribution in [0.1, 0.15) is 19.7 Å². The molecule has 1 unspecified atom stereocenters. The number of imidazole rings is 1. The number of carbonyl (C=O) groups is 1. The maximum atomic E-state index is 11.1. The number of primary amides is 1. The Morgan fingerprint density at radius 3 is 2.75 bits per heavy atom. The van der Waals surface area contributed by atoms with Crippen molar-refractivity contribution < 1.29 is 4.79 Å². The second-order valence-corrected chi connectivity index (χ2v) is 4.28. The standard InChI is InChI=1S/C11H20N4O/c1-8(2)10(11(12)16)14-5-4-9-13-6-7-15(9)3/h6-8,10,14H,4-5H2,1-3H3,(H2,12,16). The Morgan fingerprint density at radius 2 is 2.31 bits per heavy atom. The highest BCUT2D eigenvalue weighted by molar-refractivity contribution is 5.80. The number of carbonyl (C=O) groups excluding carboxylic acids is 1. The summed E-state index contributed by atoms with van der Waals surface area (Å²) in [5.41, 5.74) is 5.30. The lowest BCUT2D eigenvalue weighted by molar-refractivity contribution is -0.120. The largest absolute Gasteiger partial charge is 0.368 e. The molecule has 0 radical (unpaired) electrons. The lowest BCUT2D eigenvalue weighted by atomic mass is 10.0. The van der Waals surface area contributed by atoms with Gasteiger partial charge >= 0.3 is 0 Å². The van der Waals surface area contributed by atoms with Gasteiger partial charge in [0, 0.05) is 32.4 Å². The van der Waals surface area contributed by atoms with Crippen LogP contribution >= 0.6 is 0 Å². The van der Waals surface area contributed by atoms with Crippen molar-refractivity contribution in [3.05, 3.63) is 18.2 Å². The minimum Gasteiger partial charge on any atom is -0.368 e. The first-order chi connectivity index (χ1) is 7.52. The third kappa shape index (κ3) is 3.34. The molecule has 1 amide bonds. The summed E-state index contributed by atoms with van der Waals surface area (Å²) in [5, 5.41) is 3.16. The second kappa shape index (κ2) is 5.65. The van der Waals surface area contributed by atoms with E-state index < -0.39 is 0 Å². The normalized spacial score (nSPS) is 13.0. The number of aryl methyl sites for hydroxylation is 1. The highest BCUT2D eigenvalue weighted by Crippen LogP contribution is 2.01. The molecular weight excluding hydrogens is 204 g/mol. The van der Waals surface area contributed by atoms with Gasteiger partial charge in [0.15, 0.2) is 0 Å². The summed E-state index contributed by atoms with van der Waals surface area (Å²) in [7, 11) is 1.95. The Balaban J connectivity index is 2.40. The summed E-state index contributed by atoms with van der Waals surface area (Å²) in [6.07, 6.45) is 4.46. The first-order valence-corrected chi connectivity index (χ1v) is 5.51. The number of nitrogens with two attached hydrogens (primary N) is 1. The van der Waals surface area contributed by atoms with Gasteiger partial charge in [-0.15, -0.1) is 0 Å². The van der Waals surface area contributed by atoms with Gasteiger partial charge in [-0.05, 0) is 5.92 Å². The average molecular weight is 224 g/mol. The Labute approximate surface area is 96.0 Å². The maximum absolute atomic E-state index is 11.1. The van der Waals surface area contributed by atoms with Crippen molar-refractivity contribution in [3.8, 4) is 0 Å². The molecule has 1 rings (SSSR count). The monoisotopic (exact) mass is 224 g/mol. The molecule has 1 atom stereocenters. The molecule has 0 aliphatic rings. The van der Waals surface area contributed by atoms with Crippen molar-refractivity contribution >= 4 is 5.91 Å². The molecule has 0 aliphatic carbocycles. The molecule has 5 nitrogen and oxygen atoms in total. The van der Waals surface area contributed by atoms with Crippen LogP contribution in [0, 0.1) is 5.92 Å². The molecule has 0 saturated carbocycles. The Morgan fingerprint density at radius 1 is 1.62 bits per heavy atom. The number of hydrogen-bond acceptors (Lipinski definition) is 3. The Bertz CT molecular complexity index is 346. The van der Waals surface area contributed by atoms with Crippen LogP contribution in [-0.4, -0.2) is 28.0 Å². The fourth-order valence-corrected chi connectivity index (χ4v) is 1.64. The van der Waals surface area contributed by atoms with E-state index in [9.17, 15) is 4.79 Å². The van der Waals surface area contributed by atoms with Gasteiger partial charge in [0.2, 0.25) is 5.91 Å². The van der Waals surface area contributed by atoms with Crippen LogP contribution in [-0.2, 0) is 18.3 Å². The van der Waals surface area contributed by atoms with E-state index >= 15 is 0 Å². The lowest BCUT2D eigenvalue weighted by Crippen LogP contribution is -2.45. The second-order valence-electron chi connectivity index (χ2n) is 4.28. The van der Waals surface area contributed by atoms with Crippen molar-refractivity contribution in [1.82, 2.24) is 14.9 Å². The summed E-state index contributed by atoms with van der Waals surface area (Å²) in [6.45, 7) is 4.66. The van der Waals surface area contributed by atoms with Crippen molar-refractivity contribution in [2.24, 2.45) is 18.7 Å². The van der Waals surface area contributed by atoms with Crippen molar-refractivity contribution in [2.75, 3.05) is 6.54 Å². The highest BCUT2D eigenvalue weighted by Gasteiger charge is 2.18. The zero-order valence-corrected chi connectivity index (χ0v) is 10.1. The summed E-state index contributed by atoms with van der Waals surface area (Å²) in [6, 6.07) is -0.264. The summed E-state index contributed by atoms with van der Waals surface area (Å²) in [5.74, 6) is 0.910. The van der Waals surface area contributed by atoms with Crippen LogP contribution in [0.5, 0.6) is 0 Å². The fraction of sp³-hybridized carbons (Fsp3) is 0.636. The molecule has 16 heavy (non-hydrogen) atoms. The van der Waals surface area contributed by atoms with E-state index in [-0.39, 0.29) is 17.9 Å². The molecule has 0 aliphatic heterocycles. The minimum absolute atomic E-state index is 0.207. The van der Waals surface area contributed by atoms with E-state index in [0.717, 1.165) is 12.2 Å². The van der Waals surface area contributed by atoms with Crippen molar-refractivity contribution in [3.63, 3.8) is 0 Å². The average Bonchev–Trinajstić information content (AvgIpc) is 2.57. The van der Waals surface area contributed by atoms with E-state index in [4.69, 9.17) is 5.73 Å². The van der Waals surface area contributed by atoms with Gasteiger partial charge < -0.3 is 15.6 Å². The van der Waals surface area contributed by atoms with Crippen LogP contribution in [0.4, 0.5) is 0 Å². The van der Waals surface area contributed by atoms with Gasteiger partial charge in [-0.1, -0.05) is 13.8 Å². The van der Waals surface area contributed by atoms with E-state index in [1.165, 1.54) is 0 Å². The van der Waals surface area contributed by atoms with Crippen LogP contribution in [0.25, 0.3) is 0 Å². The number of amides is 1. The quantitative estimate of drug-likeness (QED) is 0.717. The third-order valence-corrected chi connectivity index (χ3v) is 2.61. The van der Waals surface area contributed by atoms with E-state index in [2.05, 4.69) is 10.3 Å². The van der Waals surface area contributed by atoms with E-state index in [0.29, 0.717) is 6.54 Å². The predicted octanol–water partition coefficient (Wildman–Crippen LogP) is 0.0621. The Hall–Kier alpha value is -1.36. The molecule has 0 aromatic carbocycles. The van der Waals surface area contributed by atoms with Gasteiger partial charge in [0.05, 0.1) is 6.04 Å². The number of hydrogen-bond donors (Lipinski definition) is 2. The maximum Gasteiger partial charge on any atom is 0.234 e. The smallest absolute Gasteiger partial charge is 0.234 e. The zero-order valence-electron chi connectivity index (χ0n) is 10.1. The summed E-state index contributed by atoms with van der Waals surface area (Å²) < 4.78 is 1.97. The third-order valence-electron chi connectivity index (χ3n) is 2.61. The van der Waals surface area contributed by atoms with Crippen molar-refractivity contribution in [2.45, 2.75) is 26.3 Å². The zero-order chi connectivity index (χ0) is 12.1. The Kier molecular flexibility index (Phi) is 4.49. The van der Waals surface area contributed by atoms with Gasteiger partial charge in [-0.3, -0.25) is 4.79 Å². The molecular formula is C11H20N4O. The van der Waals surface area contributed by atoms with E-state index in [1.807, 2.05) is 31.7 Å². The minimum atomic E-state index is -0.296. The molecule has 90 valence electrons. The van der Waals surface area contributed by atoms with Gasteiger partial charge in [-0.25, -0.2) is 4.98 Å². The predicted molar refractivity (Wildman–Crippen MR) is 62.7 cm³/mol. The lowest BCUT2D eigenvalue weighted by Gasteiger charge is -2.18. The van der Waals surface area contributed by atoms with E-state index in [1.54, 1.807) is 6.20 Å². The molecule has 0 bridgehead atoms. The number of nitrogens with one attached hydrogen (secondary N) is 1. The van der Waals surface area contributed by atoms with Gasteiger partial charge in [0.25, 0.3) is 0 Å². The summed E-state index contributed by atoms with van der Waals surface area (Å²) in [4.78, 5) is 15.3. The number of rotatable bonds is 6. The molecule has 1 aromatic rings. The van der Waals surface area contributed by atoms with Gasteiger partial charge in [0.1, 0.15) is 5.82 Å². The topological polar surface area (TPSA) is 72.9 Å². The van der Waals surface area contributed by atoms with Crippen molar-refractivity contribution in [1.29, 1.82) is 0 Å². The first kappa shape index (κ1) is 12.7. The SMILES string of the molecule is CC(C)C(NCCc1nccn1C)C(N)=O. The first-order valence-electron chi connectivity index (χ1n) is 5.51.